The number of carbonyl (C=O) groups excluding carboxylic acids is 12. The van der Waals surface area contributed by atoms with E-state index in [0.717, 1.165) is 11.3 Å². The highest BCUT2D eigenvalue weighted by Crippen LogP contribution is 2.53. The van der Waals surface area contributed by atoms with Crippen LogP contribution in [0.15, 0.2) is 18.2 Å². The van der Waals surface area contributed by atoms with Crippen molar-refractivity contribution in [3.8, 4) is 17.2 Å². The smallest absolute Gasteiger partial charge is 0.303 e. The number of nitrogens with zero attached hydrogens (tertiary/aromatic N) is 1. The molecule has 0 aromatic heterocycles. The van der Waals surface area contributed by atoms with Crippen LogP contribution in [0.3, 0.4) is 0 Å². The minimum atomic E-state index is -2.51. The number of aromatic hydroxyl groups is 2. The summed E-state index contributed by atoms with van der Waals surface area (Å²) in [6.45, 7) is 2.46. The van der Waals surface area contributed by atoms with Crippen molar-refractivity contribution < 1.29 is 122 Å². The molecule has 5 aliphatic rings. The zero-order chi connectivity index (χ0) is 73.1. The SMILES string of the molecule is COc1cccc2c1C(=O)c1c(O)c3c(c(O)c1C2=O)C[C@@](O)(C(=O)CO)C[C@@H]3O[C@H]1C[C@H](NC(=O)[C@H](CC(C)C)NC(=O)[C@H](CO)NC(=O)[C@H](CCC(N)=O)NC(=O)[C@@H](NC(=O)[C@H](CO)NC(=O)[C@H](C)NC(=O)[C@@H]2C[C@@H](O)CN2C(=O)CCCC(=O)O)C2CCCCC2)[C@H](O)[C@H](C)O1. The van der Waals surface area contributed by atoms with Crippen LogP contribution < -0.4 is 47.7 Å². The highest BCUT2D eigenvalue weighted by molar-refractivity contribution is 6.31. The molecule has 14 atom stereocenters. The van der Waals surface area contributed by atoms with Crippen LogP contribution in [-0.4, -0.2) is 239 Å². The number of ketones is 3. The molecule has 0 radical (unpaired) electrons. The number of aliphatic carboxylic acids is 1. The number of carboxylic acids is 1. The van der Waals surface area contributed by atoms with E-state index in [-0.39, 0.29) is 72.6 Å². The molecular formula is C65H89N9O25. The monoisotopic (exact) mass is 1400 g/mol. The van der Waals surface area contributed by atoms with Crippen molar-refractivity contribution in [3.05, 3.63) is 51.6 Å². The van der Waals surface area contributed by atoms with Gasteiger partial charge in [0, 0.05) is 68.2 Å². The van der Waals surface area contributed by atoms with Crippen molar-refractivity contribution in [2.24, 2.45) is 17.6 Å². The summed E-state index contributed by atoms with van der Waals surface area (Å²) in [6, 6.07) is -8.06. The molecule has 99 heavy (non-hydrogen) atoms. The van der Waals surface area contributed by atoms with Crippen molar-refractivity contribution in [2.75, 3.05) is 33.5 Å². The van der Waals surface area contributed by atoms with Crippen LogP contribution in [0, 0.1) is 11.8 Å². The maximum atomic E-state index is 14.4. The molecule has 18 N–H and O–H groups in total. The highest BCUT2D eigenvalue weighted by atomic mass is 16.7. The molecule has 1 saturated carbocycles. The van der Waals surface area contributed by atoms with Crippen LogP contribution in [0.1, 0.15) is 167 Å². The number of ether oxygens (including phenoxy) is 3. The number of rotatable bonds is 31. The summed E-state index contributed by atoms with van der Waals surface area (Å²) < 4.78 is 17.7. The fourth-order valence-electron chi connectivity index (χ4n) is 13.3. The number of amides is 9. The molecule has 7 rings (SSSR count). The lowest BCUT2D eigenvalue weighted by Gasteiger charge is -2.43. The van der Waals surface area contributed by atoms with Gasteiger partial charge in [-0.15, -0.1) is 0 Å². The number of methoxy groups -OCH3 is 1. The zero-order valence-corrected chi connectivity index (χ0v) is 55.4. The molecule has 0 unspecified atom stereocenters. The van der Waals surface area contributed by atoms with Crippen molar-refractivity contribution in [2.45, 2.75) is 209 Å². The van der Waals surface area contributed by atoms with E-state index in [1.54, 1.807) is 13.8 Å². The van der Waals surface area contributed by atoms with Crippen molar-refractivity contribution >= 4 is 76.5 Å². The molecule has 0 bridgehead atoms. The third-order valence-electron chi connectivity index (χ3n) is 18.5. The Labute approximate surface area is 567 Å². The number of aliphatic hydroxyl groups is 6. The molecule has 34 nitrogen and oxygen atoms in total. The number of phenols is 2. The number of carbonyl (C=O) groups is 13. The van der Waals surface area contributed by atoms with E-state index in [1.807, 2.05) is 0 Å². The normalized spacial score (nSPS) is 23.8. The lowest BCUT2D eigenvalue weighted by Crippen LogP contribution is -2.62. The number of aliphatic hydroxyl groups excluding tert-OH is 5. The van der Waals surface area contributed by atoms with Crippen LogP contribution in [0.5, 0.6) is 17.2 Å². The minimum absolute atomic E-state index is 0.0279. The maximum absolute atomic E-state index is 14.4. The van der Waals surface area contributed by atoms with Gasteiger partial charge in [0.15, 0.2) is 17.9 Å². The van der Waals surface area contributed by atoms with Gasteiger partial charge >= 0.3 is 5.97 Å². The summed E-state index contributed by atoms with van der Waals surface area (Å²) in [6.07, 6.45) is -8.07. The Morgan fingerprint density at radius 2 is 1.35 bits per heavy atom. The van der Waals surface area contributed by atoms with Gasteiger partial charge < -0.3 is 108 Å². The van der Waals surface area contributed by atoms with E-state index >= 15 is 0 Å². The van der Waals surface area contributed by atoms with E-state index in [1.165, 1.54) is 39.2 Å². The van der Waals surface area contributed by atoms with Crippen molar-refractivity contribution in [1.29, 1.82) is 0 Å². The molecule has 544 valence electrons. The van der Waals surface area contributed by atoms with Crippen molar-refractivity contribution in [3.63, 3.8) is 0 Å². The van der Waals surface area contributed by atoms with Gasteiger partial charge in [-0.3, -0.25) is 62.3 Å². The molecule has 3 aliphatic carbocycles. The number of carboxylic acid groups (broad SMARTS) is 1. The van der Waals surface area contributed by atoms with E-state index in [0.29, 0.717) is 25.7 Å². The van der Waals surface area contributed by atoms with Gasteiger partial charge in [-0.25, -0.2) is 0 Å². The molecule has 2 heterocycles. The number of nitrogens with one attached hydrogen (secondary N) is 7. The van der Waals surface area contributed by atoms with Crippen LogP contribution in [0.4, 0.5) is 0 Å². The molecule has 9 amide bonds. The van der Waals surface area contributed by atoms with Gasteiger partial charge in [0.2, 0.25) is 58.9 Å². The second-order valence-electron chi connectivity index (χ2n) is 26.2. The third-order valence-corrected chi connectivity index (χ3v) is 18.5. The highest BCUT2D eigenvalue weighted by Gasteiger charge is 2.51. The van der Waals surface area contributed by atoms with Gasteiger partial charge in [-0.1, -0.05) is 45.2 Å². The first-order valence-corrected chi connectivity index (χ1v) is 32.8. The quantitative estimate of drug-likeness (QED) is 0.0275. The zero-order valence-electron chi connectivity index (χ0n) is 55.4. The van der Waals surface area contributed by atoms with Crippen molar-refractivity contribution in [1.82, 2.24) is 42.1 Å². The maximum Gasteiger partial charge on any atom is 0.303 e. The number of fused-ring (bicyclic) bond motifs is 3. The number of phenolic OH excluding ortho intramolecular Hbond substituents is 2. The van der Waals surface area contributed by atoms with Crippen LogP contribution in [-0.2, 0) is 68.6 Å². The second-order valence-corrected chi connectivity index (χ2v) is 26.2. The van der Waals surface area contributed by atoms with Gasteiger partial charge in [0.1, 0.15) is 77.9 Å². The number of β-amino-alcohol motifs (C(OH)–C–C–N with tert-alkyl or cyclic N) is 1. The summed E-state index contributed by atoms with van der Waals surface area (Å²) in [5.74, 6) is -15.4. The molecule has 2 saturated heterocycles. The summed E-state index contributed by atoms with van der Waals surface area (Å²) in [5, 5.41) is 115. The number of primary amides is 1. The largest absolute Gasteiger partial charge is 0.507 e. The molecule has 2 aromatic rings. The average Bonchev–Trinajstić information content (AvgIpc) is 1.09. The van der Waals surface area contributed by atoms with Crippen LogP contribution in [0.25, 0.3) is 0 Å². The Hall–Kier alpha value is -8.77. The number of benzene rings is 2. The number of nitrogens with two attached hydrogens (primary N) is 1. The lowest BCUT2D eigenvalue weighted by molar-refractivity contribution is -0.249. The molecule has 2 aliphatic heterocycles. The van der Waals surface area contributed by atoms with E-state index in [4.69, 9.17) is 25.1 Å². The molecular weight excluding hydrogens is 1310 g/mol. The van der Waals surface area contributed by atoms with Gasteiger partial charge in [-0.2, -0.15) is 0 Å². The summed E-state index contributed by atoms with van der Waals surface area (Å²) >= 11 is 0. The number of Topliss-reactive ketones (excluding diaryl/α,β-unsaturated/α-hetero) is 1. The van der Waals surface area contributed by atoms with Crippen LogP contribution in [0.2, 0.25) is 0 Å². The predicted molar refractivity (Wildman–Crippen MR) is 339 cm³/mol. The molecule has 3 fully saturated rings. The fraction of sp³-hybridized carbons (Fsp3) is 0.615. The van der Waals surface area contributed by atoms with E-state index in [9.17, 15) is 103 Å². The van der Waals surface area contributed by atoms with Crippen LogP contribution >= 0.6 is 0 Å². The Morgan fingerprint density at radius 1 is 0.737 bits per heavy atom. The molecule has 34 heteroatoms. The lowest BCUT2D eigenvalue weighted by atomic mass is 9.72. The Kier molecular flexibility index (Phi) is 26.5. The molecule has 0 spiro atoms. The fourth-order valence-corrected chi connectivity index (χ4v) is 13.3. The topological polar surface area (TPSA) is 545 Å². The Morgan fingerprint density at radius 3 is 1.97 bits per heavy atom. The first-order valence-electron chi connectivity index (χ1n) is 32.8. The first kappa shape index (κ1) is 77.6. The first-order chi connectivity index (χ1) is 46.8. The summed E-state index contributed by atoms with van der Waals surface area (Å²) in [4.78, 5) is 176. The number of hydrogen-bond acceptors (Lipinski definition) is 24. The summed E-state index contributed by atoms with van der Waals surface area (Å²) in [5.41, 5.74) is 0.557. The van der Waals surface area contributed by atoms with E-state index < -0.39 is 242 Å². The standard InChI is InChI=1S/C65H89N9O25/c1-28(2)19-37(60(91)69-36-21-47(98-30(4)53(36)84)99-42-23-65(96,43(79)27-77)22-34-49(42)57(88)51-50(55(34)86)54(85)33-13-9-14-41(97-5)48(33)56(51)87)70-61(92)38(25-75)72-59(90)35(17-18-44(66)80)68-64(95)52(31-11-7-6-8-12-31)73-62(93)39(26-76)71-58(89)29(3)67-63(94)40-20-32(78)24-74(40)45(81)15-10-16-46(82)83/h9,13-14,28-32,35-40,42,47,52-53,75-78,84,86,88,96H,6-8,10-12,15-27H2,1-5H3,(H2,66,80)(H,67,94)(H,68,95)(H,69,91)(H,70,92)(H,71,89)(H,72,90)(H,73,93)(H,82,83)/t29-,30-,32+,35-,36-,37-,38-,39-,40-,42-,47-,52-,53+,65-/m0/s1. The number of likely N-dealkylation sites (tertiary alicyclic amines) is 1. The number of hydrogen-bond donors (Lipinski definition) is 17. The van der Waals surface area contributed by atoms with Gasteiger partial charge in [0.05, 0.1) is 61.4 Å². The van der Waals surface area contributed by atoms with Gasteiger partial charge in [-0.05, 0) is 63.9 Å². The third kappa shape index (κ3) is 18.4. The molecule has 2 aromatic carbocycles. The Bertz CT molecular complexity index is 3430. The predicted octanol–water partition coefficient (Wildman–Crippen LogP) is -3.82. The average molecular weight is 1400 g/mol. The van der Waals surface area contributed by atoms with E-state index in [2.05, 4.69) is 37.2 Å². The summed E-state index contributed by atoms with van der Waals surface area (Å²) in [7, 11) is 1.25. The Balaban J connectivity index is 1.03. The van der Waals surface area contributed by atoms with Gasteiger partial charge in [0.25, 0.3) is 0 Å². The minimum Gasteiger partial charge on any atom is -0.507 e. The second kappa shape index (κ2) is 33.9.